The molecule has 4 rings (SSSR count). The van der Waals surface area contributed by atoms with E-state index < -0.39 is 9.84 Å². The maximum Gasteiger partial charge on any atom is 0.254 e. The van der Waals surface area contributed by atoms with Crippen molar-refractivity contribution >= 4 is 26.6 Å². The Morgan fingerprint density at radius 1 is 1.19 bits per heavy atom. The summed E-state index contributed by atoms with van der Waals surface area (Å²) >= 11 is 0. The van der Waals surface area contributed by atoms with E-state index in [1.807, 2.05) is 38.2 Å². The molecule has 2 aromatic rings. The van der Waals surface area contributed by atoms with E-state index in [0.29, 0.717) is 18.7 Å². The highest BCUT2D eigenvalue weighted by atomic mass is 32.2. The normalized spacial score (nSPS) is 24.9. The average molecular weight is 388 g/mol. The molecule has 2 saturated heterocycles. The maximum atomic E-state index is 13.5. The van der Waals surface area contributed by atoms with Gasteiger partial charge in [0.1, 0.15) is 0 Å². The average Bonchev–Trinajstić information content (AvgIpc) is 2.96. The smallest absolute Gasteiger partial charge is 0.254 e. The SMILES string of the molecule is CCc1ccc2nc(C)cc(C(=O)N3CCN(C)[C@H]4CS(=O)(=O)C[C@H]43)c2c1. The maximum absolute atomic E-state index is 13.5. The molecule has 0 spiro atoms. The molecule has 0 saturated carbocycles. The monoisotopic (exact) mass is 387 g/mol. The summed E-state index contributed by atoms with van der Waals surface area (Å²) in [5.74, 6) is 0.100. The second kappa shape index (κ2) is 6.56. The lowest BCUT2D eigenvalue weighted by Crippen LogP contribution is -2.59. The van der Waals surface area contributed by atoms with Crippen LogP contribution in [0.25, 0.3) is 10.9 Å². The minimum atomic E-state index is -3.12. The molecule has 27 heavy (non-hydrogen) atoms. The minimum Gasteiger partial charge on any atom is -0.332 e. The number of benzene rings is 1. The summed E-state index contributed by atoms with van der Waals surface area (Å²) in [7, 11) is -1.18. The van der Waals surface area contributed by atoms with Crippen LogP contribution in [0.5, 0.6) is 0 Å². The molecule has 7 heteroatoms. The van der Waals surface area contributed by atoms with E-state index in [1.54, 1.807) is 4.90 Å². The molecule has 0 bridgehead atoms. The van der Waals surface area contributed by atoms with E-state index in [1.165, 1.54) is 0 Å². The third-order valence-corrected chi connectivity index (χ3v) is 7.55. The molecule has 1 aromatic heterocycles. The zero-order chi connectivity index (χ0) is 19.3. The number of amides is 1. The largest absolute Gasteiger partial charge is 0.332 e. The van der Waals surface area contributed by atoms with Crippen molar-refractivity contribution in [2.75, 3.05) is 31.6 Å². The molecule has 2 atom stereocenters. The molecule has 2 aliphatic rings. The van der Waals surface area contributed by atoms with Crippen molar-refractivity contribution in [2.45, 2.75) is 32.4 Å². The number of hydrogen-bond donors (Lipinski definition) is 0. The number of likely N-dealkylation sites (N-methyl/N-ethyl adjacent to an activating group) is 1. The highest BCUT2D eigenvalue weighted by Crippen LogP contribution is 2.29. The summed E-state index contributed by atoms with van der Waals surface area (Å²) in [6, 6.07) is 7.48. The Morgan fingerprint density at radius 2 is 1.93 bits per heavy atom. The van der Waals surface area contributed by atoms with Gasteiger partial charge in [0.25, 0.3) is 5.91 Å². The van der Waals surface area contributed by atoms with Crippen molar-refractivity contribution in [3.63, 3.8) is 0 Å². The summed E-state index contributed by atoms with van der Waals surface area (Å²) in [4.78, 5) is 21.9. The zero-order valence-electron chi connectivity index (χ0n) is 16.0. The van der Waals surface area contributed by atoms with Crippen LogP contribution in [0.15, 0.2) is 24.3 Å². The Balaban J connectivity index is 1.78. The van der Waals surface area contributed by atoms with Gasteiger partial charge in [-0.15, -0.1) is 0 Å². The summed E-state index contributed by atoms with van der Waals surface area (Å²) in [6.07, 6.45) is 0.884. The first kappa shape index (κ1) is 18.4. The lowest BCUT2D eigenvalue weighted by molar-refractivity contribution is 0.0411. The topological polar surface area (TPSA) is 70.6 Å². The van der Waals surface area contributed by atoms with E-state index >= 15 is 0 Å². The summed E-state index contributed by atoms with van der Waals surface area (Å²) in [5, 5.41) is 0.848. The third kappa shape index (κ3) is 3.23. The fourth-order valence-electron chi connectivity index (χ4n) is 4.34. The third-order valence-electron chi connectivity index (χ3n) is 5.85. The number of hydrogen-bond acceptors (Lipinski definition) is 5. The Hall–Kier alpha value is -1.99. The number of sulfone groups is 1. The Morgan fingerprint density at radius 3 is 2.67 bits per heavy atom. The number of aromatic nitrogens is 1. The van der Waals surface area contributed by atoms with E-state index in [0.717, 1.165) is 28.6 Å². The van der Waals surface area contributed by atoms with Crippen LogP contribution >= 0.6 is 0 Å². The molecule has 1 aromatic carbocycles. The minimum absolute atomic E-state index is 0.0515. The van der Waals surface area contributed by atoms with Crippen LogP contribution in [0.3, 0.4) is 0 Å². The lowest BCUT2D eigenvalue weighted by atomic mass is 10.00. The first-order valence-electron chi connectivity index (χ1n) is 9.41. The number of nitrogens with zero attached hydrogens (tertiary/aromatic N) is 3. The van der Waals surface area contributed by atoms with Crippen molar-refractivity contribution < 1.29 is 13.2 Å². The summed E-state index contributed by atoms with van der Waals surface area (Å²) < 4.78 is 24.4. The first-order chi connectivity index (χ1) is 12.8. The highest BCUT2D eigenvalue weighted by molar-refractivity contribution is 7.91. The van der Waals surface area contributed by atoms with E-state index in [2.05, 4.69) is 16.8 Å². The Bertz CT molecular complexity index is 1020. The van der Waals surface area contributed by atoms with Gasteiger partial charge in [0.05, 0.1) is 28.6 Å². The molecule has 2 aliphatic heterocycles. The number of fused-ring (bicyclic) bond motifs is 2. The molecule has 2 fully saturated rings. The standard InChI is InChI=1S/C20H25N3O3S/c1-4-14-5-6-17-15(10-14)16(9-13(2)21-17)20(24)23-8-7-22(3)18-11-27(25,26)12-19(18)23/h5-6,9-10,18-19H,4,7-8,11-12H2,1-3H3/t18-,19+/m0/s1. The number of pyridine rings is 1. The number of carbonyl (C=O) groups is 1. The van der Waals surface area contributed by atoms with Crippen LogP contribution < -0.4 is 0 Å². The van der Waals surface area contributed by atoms with Gasteiger partial charge in [0.15, 0.2) is 9.84 Å². The Kier molecular flexibility index (Phi) is 4.47. The summed E-state index contributed by atoms with van der Waals surface area (Å²) in [6.45, 7) is 5.20. The first-order valence-corrected chi connectivity index (χ1v) is 11.2. The van der Waals surface area contributed by atoms with Crippen molar-refractivity contribution in [3.05, 3.63) is 41.1 Å². The summed E-state index contributed by atoms with van der Waals surface area (Å²) in [5.41, 5.74) is 3.38. The van der Waals surface area contributed by atoms with Crippen LogP contribution in [-0.2, 0) is 16.3 Å². The quantitative estimate of drug-likeness (QED) is 0.784. The van der Waals surface area contributed by atoms with E-state index in [4.69, 9.17) is 0 Å². The van der Waals surface area contributed by atoms with Crippen LogP contribution in [0.1, 0.15) is 28.5 Å². The lowest BCUT2D eigenvalue weighted by Gasteiger charge is -2.42. The molecule has 3 heterocycles. The van der Waals surface area contributed by atoms with Crippen molar-refractivity contribution in [3.8, 4) is 0 Å². The molecule has 0 radical (unpaired) electrons. The van der Waals surface area contributed by atoms with E-state index in [-0.39, 0.29) is 29.5 Å². The van der Waals surface area contributed by atoms with Gasteiger partial charge in [0.2, 0.25) is 0 Å². The number of carbonyl (C=O) groups excluding carboxylic acids is 1. The molecular weight excluding hydrogens is 362 g/mol. The van der Waals surface area contributed by atoms with Gasteiger partial charge in [-0.05, 0) is 44.2 Å². The molecule has 144 valence electrons. The second-order valence-electron chi connectivity index (χ2n) is 7.71. The molecule has 1 amide bonds. The molecule has 0 unspecified atom stereocenters. The van der Waals surface area contributed by atoms with Gasteiger partial charge < -0.3 is 4.90 Å². The van der Waals surface area contributed by atoms with E-state index in [9.17, 15) is 13.2 Å². The molecule has 6 nitrogen and oxygen atoms in total. The predicted molar refractivity (Wildman–Crippen MR) is 106 cm³/mol. The van der Waals surface area contributed by atoms with Gasteiger partial charge in [-0.25, -0.2) is 8.42 Å². The molecule has 0 N–H and O–H groups in total. The van der Waals surface area contributed by atoms with Crippen LogP contribution in [0.2, 0.25) is 0 Å². The van der Waals surface area contributed by atoms with Gasteiger partial charge in [-0.1, -0.05) is 13.0 Å². The van der Waals surface area contributed by atoms with Crippen LogP contribution in [0, 0.1) is 6.92 Å². The van der Waals surface area contributed by atoms with Crippen LogP contribution in [-0.4, -0.2) is 72.8 Å². The van der Waals surface area contributed by atoms with Crippen molar-refractivity contribution in [1.82, 2.24) is 14.8 Å². The number of rotatable bonds is 2. The second-order valence-corrected chi connectivity index (χ2v) is 9.86. The fourth-order valence-corrected chi connectivity index (χ4v) is 6.39. The zero-order valence-corrected chi connectivity index (χ0v) is 16.8. The number of piperazine rings is 1. The van der Waals surface area contributed by atoms with Crippen LogP contribution in [0.4, 0.5) is 0 Å². The van der Waals surface area contributed by atoms with Crippen molar-refractivity contribution in [2.24, 2.45) is 0 Å². The highest BCUT2D eigenvalue weighted by Gasteiger charge is 2.47. The predicted octanol–water partition coefficient (Wildman–Crippen LogP) is 1.66. The van der Waals surface area contributed by atoms with Gasteiger partial charge in [0, 0.05) is 30.2 Å². The van der Waals surface area contributed by atoms with Crippen molar-refractivity contribution in [1.29, 1.82) is 0 Å². The van der Waals surface area contributed by atoms with Gasteiger partial charge in [-0.3, -0.25) is 14.7 Å². The van der Waals surface area contributed by atoms with Gasteiger partial charge >= 0.3 is 0 Å². The van der Waals surface area contributed by atoms with Gasteiger partial charge in [-0.2, -0.15) is 0 Å². The molecule has 0 aliphatic carbocycles. The fraction of sp³-hybridized carbons (Fsp3) is 0.500. The Labute approximate surface area is 160 Å². The number of aryl methyl sites for hydroxylation is 2. The molecular formula is C20H25N3O3S.